The monoisotopic (exact) mass is 245 g/mol. The molecule has 0 radical (unpaired) electrons. The van der Waals surface area contributed by atoms with E-state index in [9.17, 15) is 0 Å². The molecular formula is C9H16BrN3. The third kappa shape index (κ3) is 2.81. The van der Waals surface area contributed by atoms with E-state index in [4.69, 9.17) is 0 Å². The summed E-state index contributed by atoms with van der Waals surface area (Å²) in [6.45, 7) is 8.16. The molecule has 0 aliphatic heterocycles. The molecule has 74 valence electrons. The smallest absolute Gasteiger partial charge is 0.0664 e. The van der Waals surface area contributed by atoms with Crippen LogP contribution in [0.2, 0.25) is 0 Å². The average Bonchev–Trinajstić information content (AvgIpc) is 2.43. The first-order valence-corrected chi connectivity index (χ1v) is 5.38. The van der Waals surface area contributed by atoms with Crippen molar-refractivity contribution in [1.82, 2.24) is 15.1 Å². The second-order valence-electron chi connectivity index (χ2n) is 3.29. The van der Waals surface area contributed by atoms with Crippen LogP contribution in [0.4, 0.5) is 0 Å². The molecule has 1 N–H and O–H groups in total. The minimum atomic E-state index is 0.507. The van der Waals surface area contributed by atoms with Crippen LogP contribution in [0.25, 0.3) is 0 Å². The lowest BCUT2D eigenvalue weighted by atomic mass is 10.3. The zero-order valence-corrected chi connectivity index (χ0v) is 9.93. The summed E-state index contributed by atoms with van der Waals surface area (Å²) in [5.41, 5.74) is 1.22. The second-order valence-corrected chi connectivity index (χ2v) is 4.14. The minimum absolute atomic E-state index is 0.507. The highest BCUT2D eigenvalue weighted by atomic mass is 79.9. The van der Waals surface area contributed by atoms with Crippen LogP contribution in [0.5, 0.6) is 0 Å². The Morgan fingerprint density at radius 2 is 2.31 bits per heavy atom. The van der Waals surface area contributed by atoms with Gasteiger partial charge in [-0.2, -0.15) is 5.10 Å². The zero-order valence-electron chi connectivity index (χ0n) is 8.34. The molecule has 0 aromatic carbocycles. The highest BCUT2D eigenvalue weighted by Crippen LogP contribution is 2.15. The zero-order chi connectivity index (χ0) is 9.84. The van der Waals surface area contributed by atoms with Crippen LogP contribution in [0.1, 0.15) is 26.5 Å². The summed E-state index contributed by atoms with van der Waals surface area (Å²) in [6.07, 6.45) is 1.85. The lowest BCUT2D eigenvalue weighted by Gasteiger charge is -2.09. The third-order valence-corrected chi connectivity index (χ3v) is 2.54. The second kappa shape index (κ2) is 4.77. The van der Waals surface area contributed by atoms with Gasteiger partial charge in [0.15, 0.2) is 0 Å². The Hall–Kier alpha value is -0.350. The normalized spacial score (nSPS) is 11.2. The van der Waals surface area contributed by atoms with E-state index in [1.165, 1.54) is 5.69 Å². The Kier molecular flexibility index (Phi) is 3.93. The molecule has 0 bridgehead atoms. The number of nitrogens with one attached hydrogen (secondary N) is 1. The Bertz CT molecular complexity index is 268. The molecule has 3 nitrogen and oxygen atoms in total. The van der Waals surface area contributed by atoms with Crippen molar-refractivity contribution in [2.45, 2.75) is 39.9 Å². The Morgan fingerprint density at radius 3 is 2.85 bits per heavy atom. The van der Waals surface area contributed by atoms with Crippen LogP contribution in [0.3, 0.4) is 0 Å². The fourth-order valence-electron chi connectivity index (χ4n) is 1.14. The third-order valence-electron chi connectivity index (χ3n) is 1.88. The topological polar surface area (TPSA) is 29.9 Å². The van der Waals surface area contributed by atoms with Crippen molar-refractivity contribution in [1.29, 1.82) is 0 Å². The van der Waals surface area contributed by atoms with Crippen molar-refractivity contribution in [3.8, 4) is 0 Å². The largest absolute Gasteiger partial charge is 0.309 e. The van der Waals surface area contributed by atoms with Crippen molar-refractivity contribution in [2.24, 2.45) is 0 Å². The van der Waals surface area contributed by atoms with Gasteiger partial charge >= 0.3 is 0 Å². The van der Waals surface area contributed by atoms with E-state index in [-0.39, 0.29) is 0 Å². The van der Waals surface area contributed by atoms with Gasteiger partial charge < -0.3 is 5.32 Å². The number of hydrogen-bond donors (Lipinski definition) is 1. The first kappa shape index (κ1) is 10.7. The maximum absolute atomic E-state index is 4.24. The van der Waals surface area contributed by atoms with Gasteiger partial charge in [-0.05, 0) is 22.9 Å². The van der Waals surface area contributed by atoms with Gasteiger partial charge in [-0.15, -0.1) is 0 Å². The molecule has 0 saturated carbocycles. The number of hydrogen-bond acceptors (Lipinski definition) is 2. The summed E-state index contributed by atoms with van der Waals surface area (Å²) in [5.74, 6) is 0. The van der Waals surface area contributed by atoms with E-state index >= 15 is 0 Å². The summed E-state index contributed by atoms with van der Waals surface area (Å²) in [7, 11) is 0. The first-order valence-electron chi connectivity index (χ1n) is 4.58. The molecular weight excluding hydrogens is 230 g/mol. The molecule has 0 saturated heterocycles. The van der Waals surface area contributed by atoms with Gasteiger partial charge in [-0.25, -0.2) is 0 Å². The molecule has 0 amide bonds. The fraction of sp³-hybridized carbons (Fsp3) is 0.667. The maximum Gasteiger partial charge on any atom is 0.0664 e. The van der Waals surface area contributed by atoms with Crippen LogP contribution in [-0.2, 0) is 13.1 Å². The molecule has 0 unspecified atom stereocenters. The van der Waals surface area contributed by atoms with Crippen molar-refractivity contribution in [3.63, 3.8) is 0 Å². The quantitative estimate of drug-likeness (QED) is 0.882. The summed E-state index contributed by atoms with van der Waals surface area (Å²) < 4.78 is 3.09. The van der Waals surface area contributed by atoms with Gasteiger partial charge in [0.25, 0.3) is 0 Å². The summed E-state index contributed by atoms with van der Waals surface area (Å²) in [4.78, 5) is 0. The first-order chi connectivity index (χ1) is 6.15. The standard InChI is InChI=1S/C9H16BrN3/c1-4-13-9(6-11-7(2)3)8(10)5-12-13/h5,7,11H,4,6H2,1-3H3. The summed E-state index contributed by atoms with van der Waals surface area (Å²) in [6, 6.07) is 0.507. The number of aryl methyl sites for hydroxylation is 1. The molecule has 0 aliphatic rings. The van der Waals surface area contributed by atoms with Gasteiger partial charge in [0.1, 0.15) is 0 Å². The molecule has 1 aromatic heterocycles. The molecule has 1 rings (SSSR count). The van der Waals surface area contributed by atoms with E-state index in [0.717, 1.165) is 17.6 Å². The van der Waals surface area contributed by atoms with Crippen molar-refractivity contribution in [3.05, 3.63) is 16.4 Å². The maximum atomic E-state index is 4.24. The van der Waals surface area contributed by atoms with Crippen LogP contribution in [0, 0.1) is 0 Å². The lowest BCUT2D eigenvalue weighted by molar-refractivity contribution is 0.539. The van der Waals surface area contributed by atoms with E-state index in [1.54, 1.807) is 0 Å². The SMILES string of the molecule is CCn1ncc(Br)c1CNC(C)C. The fourth-order valence-corrected chi connectivity index (χ4v) is 1.57. The summed E-state index contributed by atoms with van der Waals surface area (Å²) >= 11 is 3.48. The van der Waals surface area contributed by atoms with Gasteiger partial charge in [0.2, 0.25) is 0 Å². The van der Waals surface area contributed by atoms with Gasteiger partial charge in [-0.3, -0.25) is 4.68 Å². The van der Waals surface area contributed by atoms with Crippen LogP contribution in [-0.4, -0.2) is 15.8 Å². The molecule has 1 aromatic rings. The molecule has 4 heteroatoms. The van der Waals surface area contributed by atoms with E-state index in [1.807, 2.05) is 10.9 Å². The summed E-state index contributed by atoms with van der Waals surface area (Å²) in [5, 5.41) is 7.61. The predicted octanol–water partition coefficient (Wildman–Crippen LogP) is 2.16. The molecule has 13 heavy (non-hydrogen) atoms. The Morgan fingerprint density at radius 1 is 1.62 bits per heavy atom. The van der Waals surface area contributed by atoms with E-state index < -0.39 is 0 Å². The van der Waals surface area contributed by atoms with E-state index in [2.05, 4.69) is 47.1 Å². The average molecular weight is 246 g/mol. The lowest BCUT2D eigenvalue weighted by Crippen LogP contribution is -2.23. The van der Waals surface area contributed by atoms with Gasteiger partial charge in [0.05, 0.1) is 16.4 Å². The van der Waals surface area contributed by atoms with Gasteiger partial charge in [0, 0.05) is 19.1 Å². The van der Waals surface area contributed by atoms with Crippen molar-refractivity contribution in [2.75, 3.05) is 0 Å². The molecule has 1 heterocycles. The Balaban J connectivity index is 2.68. The number of aromatic nitrogens is 2. The van der Waals surface area contributed by atoms with Gasteiger partial charge in [-0.1, -0.05) is 13.8 Å². The van der Waals surface area contributed by atoms with Crippen LogP contribution in [0.15, 0.2) is 10.7 Å². The Labute approximate surface area is 87.6 Å². The number of rotatable bonds is 4. The minimum Gasteiger partial charge on any atom is -0.309 e. The molecule has 0 fully saturated rings. The molecule has 0 aliphatic carbocycles. The van der Waals surface area contributed by atoms with E-state index in [0.29, 0.717) is 6.04 Å². The van der Waals surface area contributed by atoms with Crippen LogP contribution < -0.4 is 5.32 Å². The molecule has 0 atom stereocenters. The number of halogens is 1. The molecule has 0 spiro atoms. The highest BCUT2D eigenvalue weighted by Gasteiger charge is 2.06. The van der Waals surface area contributed by atoms with Crippen molar-refractivity contribution < 1.29 is 0 Å². The predicted molar refractivity (Wildman–Crippen MR) is 57.6 cm³/mol. The highest BCUT2D eigenvalue weighted by molar-refractivity contribution is 9.10. The number of nitrogens with zero attached hydrogens (tertiary/aromatic N) is 2. The van der Waals surface area contributed by atoms with Crippen LogP contribution >= 0.6 is 15.9 Å². The van der Waals surface area contributed by atoms with Crippen molar-refractivity contribution >= 4 is 15.9 Å².